The highest BCUT2D eigenvalue weighted by atomic mass is 32.2. The van der Waals surface area contributed by atoms with Gasteiger partial charge < -0.3 is 15.8 Å². The van der Waals surface area contributed by atoms with Gasteiger partial charge in [0.25, 0.3) is 0 Å². The number of nitrogens with zero attached hydrogens (tertiary/aromatic N) is 1. The second kappa shape index (κ2) is 5.50. The largest absolute Gasteiger partial charge is 0.382 e. The summed E-state index contributed by atoms with van der Waals surface area (Å²) in [7, 11) is -3.31. The van der Waals surface area contributed by atoms with Crippen LogP contribution in [-0.4, -0.2) is 37.8 Å². The van der Waals surface area contributed by atoms with Crippen LogP contribution in [0, 0.1) is 5.92 Å². The fourth-order valence-corrected chi connectivity index (χ4v) is 5.32. The third-order valence-corrected chi connectivity index (χ3v) is 7.01. The van der Waals surface area contributed by atoms with Gasteiger partial charge >= 0.3 is 0 Å². The Bertz CT molecular complexity index is 575. The van der Waals surface area contributed by atoms with E-state index in [0.29, 0.717) is 17.5 Å². The molecule has 1 aliphatic heterocycles. The van der Waals surface area contributed by atoms with E-state index in [1.54, 1.807) is 0 Å². The Morgan fingerprint density at radius 2 is 2.20 bits per heavy atom. The maximum Gasteiger partial charge on any atom is 0.187 e. The molecule has 1 aliphatic carbocycles. The van der Waals surface area contributed by atoms with Gasteiger partial charge in [0.2, 0.25) is 0 Å². The van der Waals surface area contributed by atoms with Crippen molar-refractivity contribution >= 4 is 32.2 Å². The zero-order valence-corrected chi connectivity index (χ0v) is 12.8. The van der Waals surface area contributed by atoms with Crippen molar-refractivity contribution in [3.8, 4) is 0 Å². The molecule has 3 rings (SSSR count). The Kier molecular flexibility index (Phi) is 3.87. The molecule has 8 heteroatoms. The second-order valence-electron chi connectivity index (χ2n) is 5.43. The van der Waals surface area contributed by atoms with Crippen molar-refractivity contribution in [1.82, 2.24) is 4.37 Å². The molecule has 2 heterocycles. The van der Waals surface area contributed by atoms with E-state index in [2.05, 4.69) is 9.69 Å². The molecule has 1 unspecified atom stereocenters. The number of hydrogen-bond acceptors (Lipinski definition) is 7. The zero-order chi connectivity index (χ0) is 14.2. The first-order valence-corrected chi connectivity index (χ1v) is 9.21. The molecule has 112 valence electrons. The smallest absolute Gasteiger partial charge is 0.187 e. The van der Waals surface area contributed by atoms with Gasteiger partial charge in [-0.2, -0.15) is 4.37 Å². The molecule has 1 saturated carbocycles. The fourth-order valence-electron chi connectivity index (χ4n) is 2.43. The van der Waals surface area contributed by atoms with E-state index >= 15 is 0 Å². The number of nitrogens with two attached hydrogens (primary N) is 1. The third-order valence-electron chi connectivity index (χ3n) is 3.73. The van der Waals surface area contributed by atoms with E-state index in [9.17, 15) is 8.42 Å². The molecule has 2 aliphatic rings. The number of hydrogen-bond donors (Lipinski definition) is 2. The number of anilines is 2. The lowest BCUT2D eigenvalue weighted by Gasteiger charge is -2.22. The standard InChI is InChI=1S/C12H19N3O3S2/c13-11-10(20(16,17)9-3-4-9)12(19-15-11)14-6-8-2-1-5-18-7-8/h8-9,14H,1-7H2,(H2,13,15). The van der Waals surface area contributed by atoms with E-state index in [1.807, 2.05) is 0 Å². The van der Waals surface area contributed by atoms with Crippen LogP contribution < -0.4 is 11.1 Å². The lowest BCUT2D eigenvalue weighted by Crippen LogP contribution is -2.24. The molecule has 0 aromatic carbocycles. The molecule has 0 spiro atoms. The Hall–Kier alpha value is -0.860. The quantitative estimate of drug-likeness (QED) is 0.854. The van der Waals surface area contributed by atoms with E-state index < -0.39 is 9.84 Å². The molecule has 3 N–H and O–H groups in total. The van der Waals surface area contributed by atoms with Crippen LogP contribution in [0.5, 0.6) is 0 Å². The molecular formula is C12H19N3O3S2. The summed E-state index contributed by atoms with van der Waals surface area (Å²) in [6.07, 6.45) is 3.62. The van der Waals surface area contributed by atoms with Crippen molar-refractivity contribution < 1.29 is 13.2 Å². The minimum atomic E-state index is -3.31. The van der Waals surface area contributed by atoms with Crippen LogP contribution in [0.15, 0.2) is 4.90 Å². The van der Waals surface area contributed by atoms with Crippen molar-refractivity contribution in [3.63, 3.8) is 0 Å². The summed E-state index contributed by atoms with van der Waals surface area (Å²) < 4.78 is 34.2. The maximum atomic E-state index is 12.4. The van der Waals surface area contributed by atoms with E-state index in [1.165, 1.54) is 0 Å². The molecule has 0 bridgehead atoms. The molecule has 2 fully saturated rings. The summed E-state index contributed by atoms with van der Waals surface area (Å²) in [4.78, 5) is 0.210. The van der Waals surface area contributed by atoms with Crippen LogP contribution in [0.2, 0.25) is 0 Å². The monoisotopic (exact) mass is 317 g/mol. The Balaban J connectivity index is 1.73. The predicted molar refractivity (Wildman–Crippen MR) is 78.8 cm³/mol. The van der Waals surface area contributed by atoms with E-state index in [4.69, 9.17) is 10.5 Å². The van der Waals surface area contributed by atoms with E-state index in [0.717, 1.165) is 50.4 Å². The SMILES string of the molecule is Nc1nsc(NCC2CCCOC2)c1S(=O)(=O)C1CC1. The third kappa shape index (κ3) is 2.77. The van der Waals surface area contributed by atoms with Gasteiger partial charge in [0.15, 0.2) is 15.7 Å². The average Bonchev–Trinajstić information content (AvgIpc) is 3.22. The van der Waals surface area contributed by atoms with Crippen LogP contribution in [0.1, 0.15) is 25.7 Å². The summed E-state index contributed by atoms with van der Waals surface area (Å²) in [6.45, 7) is 2.26. The molecule has 1 atom stereocenters. The van der Waals surface area contributed by atoms with Crippen molar-refractivity contribution in [2.24, 2.45) is 5.92 Å². The number of rotatable bonds is 5. The summed E-state index contributed by atoms with van der Waals surface area (Å²) in [5.41, 5.74) is 5.76. The Morgan fingerprint density at radius 1 is 1.40 bits per heavy atom. The number of nitrogens with one attached hydrogen (secondary N) is 1. The van der Waals surface area contributed by atoms with Gasteiger partial charge in [-0.15, -0.1) is 0 Å². The first kappa shape index (κ1) is 14.1. The molecule has 0 amide bonds. The summed E-state index contributed by atoms with van der Waals surface area (Å²) in [5, 5.41) is 3.53. The van der Waals surface area contributed by atoms with Gasteiger partial charge in [-0.25, -0.2) is 8.42 Å². The predicted octanol–water partition coefficient (Wildman–Crippen LogP) is 1.50. The highest BCUT2D eigenvalue weighted by Crippen LogP contribution is 2.41. The summed E-state index contributed by atoms with van der Waals surface area (Å²) in [5.74, 6) is 0.549. The second-order valence-corrected chi connectivity index (χ2v) is 8.37. The van der Waals surface area contributed by atoms with Crippen molar-refractivity contribution in [2.45, 2.75) is 35.8 Å². The molecule has 1 aromatic rings. The zero-order valence-electron chi connectivity index (χ0n) is 11.2. The lowest BCUT2D eigenvalue weighted by molar-refractivity contribution is 0.0595. The topological polar surface area (TPSA) is 94.3 Å². The van der Waals surface area contributed by atoms with Crippen molar-refractivity contribution in [3.05, 3.63) is 0 Å². The van der Waals surface area contributed by atoms with Crippen molar-refractivity contribution in [2.75, 3.05) is 30.8 Å². The van der Waals surface area contributed by atoms with Crippen molar-refractivity contribution in [1.29, 1.82) is 0 Å². The first-order chi connectivity index (χ1) is 9.59. The Morgan fingerprint density at radius 3 is 2.85 bits per heavy atom. The minimum absolute atomic E-state index is 0.129. The van der Waals surface area contributed by atoms with E-state index in [-0.39, 0.29) is 16.0 Å². The highest BCUT2D eigenvalue weighted by Gasteiger charge is 2.40. The van der Waals surface area contributed by atoms with Crippen LogP contribution >= 0.6 is 11.5 Å². The minimum Gasteiger partial charge on any atom is -0.382 e. The van der Waals surface area contributed by atoms with Gasteiger partial charge in [-0.1, -0.05) is 0 Å². The normalized spacial score (nSPS) is 23.7. The maximum absolute atomic E-state index is 12.4. The fraction of sp³-hybridized carbons (Fsp3) is 0.750. The van der Waals surface area contributed by atoms with Crippen LogP contribution in [0.25, 0.3) is 0 Å². The number of nitrogen functional groups attached to an aromatic ring is 1. The summed E-state index contributed by atoms with van der Waals surface area (Å²) in [6, 6.07) is 0. The number of ether oxygens (including phenoxy) is 1. The molecule has 6 nitrogen and oxygen atoms in total. The lowest BCUT2D eigenvalue weighted by atomic mass is 10.0. The molecular weight excluding hydrogens is 298 g/mol. The molecule has 20 heavy (non-hydrogen) atoms. The highest BCUT2D eigenvalue weighted by molar-refractivity contribution is 7.92. The molecule has 1 saturated heterocycles. The van der Waals surface area contributed by atoms with Gasteiger partial charge in [0.1, 0.15) is 9.90 Å². The van der Waals surface area contributed by atoms with Gasteiger partial charge in [0.05, 0.1) is 11.9 Å². The average molecular weight is 317 g/mol. The van der Waals surface area contributed by atoms with Crippen LogP contribution in [0.4, 0.5) is 10.8 Å². The molecule has 0 radical (unpaired) electrons. The van der Waals surface area contributed by atoms with Crippen LogP contribution in [-0.2, 0) is 14.6 Å². The van der Waals surface area contributed by atoms with Gasteiger partial charge in [0, 0.05) is 13.2 Å². The first-order valence-electron chi connectivity index (χ1n) is 6.89. The number of sulfone groups is 1. The number of aromatic nitrogens is 1. The molecule has 1 aromatic heterocycles. The van der Waals surface area contributed by atoms with Crippen LogP contribution in [0.3, 0.4) is 0 Å². The summed E-state index contributed by atoms with van der Waals surface area (Å²) >= 11 is 1.13. The van der Waals surface area contributed by atoms with Gasteiger partial charge in [-0.05, 0) is 43.1 Å². The van der Waals surface area contributed by atoms with Gasteiger partial charge in [-0.3, -0.25) is 0 Å². The Labute approximate surface area is 122 Å².